The van der Waals surface area contributed by atoms with Crippen molar-refractivity contribution in [3.8, 4) is 5.75 Å². The molecule has 2 rings (SSSR count). The third-order valence-electron chi connectivity index (χ3n) is 2.29. The third kappa shape index (κ3) is 1.11. The zero-order chi connectivity index (χ0) is 8.55. The highest BCUT2D eigenvalue weighted by molar-refractivity contribution is 5.44. The average Bonchev–Trinajstić information content (AvgIpc) is 2.43. The van der Waals surface area contributed by atoms with Crippen LogP contribution in [0.3, 0.4) is 0 Å². The topological polar surface area (TPSA) is 9.23 Å². The van der Waals surface area contributed by atoms with Crippen LogP contribution in [0.1, 0.15) is 11.1 Å². The monoisotopic (exact) mass is 160 g/mol. The molecule has 0 aromatic heterocycles. The Morgan fingerprint density at radius 1 is 1.25 bits per heavy atom. The largest absolute Gasteiger partial charge is 0.497 e. The van der Waals surface area contributed by atoms with Crippen molar-refractivity contribution in [2.75, 3.05) is 7.11 Å². The van der Waals surface area contributed by atoms with E-state index in [-0.39, 0.29) is 0 Å². The van der Waals surface area contributed by atoms with Crippen LogP contribution >= 0.6 is 0 Å². The van der Waals surface area contributed by atoms with Crippen LogP contribution in [0, 0.1) is 0 Å². The quantitative estimate of drug-likeness (QED) is 0.573. The zero-order valence-electron chi connectivity index (χ0n) is 7.26. The molecule has 0 radical (unpaired) electrons. The van der Waals surface area contributed by atoms with E-state index in [0.717, 1.165) is 18.6 Å². The maximum atomic E-state index is 5.15. The van der Waals surface area contributed by atoms with Gasteiger partial charge in [0, 0.05) is 0 Å². The van der Waals surface area contributed by atoms with E-state index >= 15 is 0 Å². The Balaban J connectivity index is 2.41. The summed E-state index contributed by atoms with van der Waals surface area (Å²) in [4.78, 5) is 0. The fourth-order valence-corrected chi connectivity index (χ4v) is 1.67. The van der Waals surface area contributed by atoms with Crippen LogP contribution < -0.4 is 4.74 Å². The van der Waals surface area contributed by atoms with E-state index in [0.29, 0.717) is 0 Å². The maximum Gasteiger partial charge on any atom is 0.119 e. The van der Waals surface area contributed by atoms with Gasteiger partial charge in [-0.05, 0) is 36.1 Å². The van der Waals surface area contributed by atoms with Crippen molar-refractivity contribution < 1.29 is 4.74 Å². The summed E-state index contributed by atoms with van der Waals surface area (Å²) in [5.41, 5.74) is 4.08. The number of hydrogen-bond acceptors (Lipinski definition) is 1. The van der Waals surface area contributed by atoms with Crippen molar-refractivity contribution in [2.24, 2.45) is 0 Å². The molecule has 0 saturated carbocycles. The molecule has 12 heavy (non-hydrogen) atoms. The van der Waals surface area contributed by atoms with Crippen molar-refractivity contribution in [3.05, 3.63) is 41.5 Å². The fraction of sp³-hybridized carbons (Fsp3) is 0.273. The van der Waals surface area contributed by atoms with Crippen LogP contribution in [0.5, 0.6) is 5.75 Å². The second-order valence-corrected chi connectivity index (χ2v) is 3.24. The molecule has 0 unspecified atom stereocenters. The summed E-state index contributed by atoms with van der Waals surface area (Å²) in [5.74, 6) is 0.948. The molecule has 1 aromatic rings. The Labute approximate surface area is 72.7 Å². The van der Waals surface area contributed by atoms with Crippen LogP contribution in [0.15, 0.2) is 30.4 Å². The van der Waals surface area contributed by atoms with Crippen molar-refractivity contribution in [1.29, 1.82) is 0 Å². The van der Waals surface area contributed by atoms with Gasteiger partial charge in [-0.1, -0.05) is 18.2 Å². The minimum Gasteiger partial charge on any atom is -0.497 e. The number of hydrogen-bond donors (Lipinski definition) is 0. The Bertz CT molecular complexity index is 326. The summed E-state index contributed by atoms with van der Waals surface area (Å²) in [5, 5.41) is 0. The van der Waals surface area contributed by atoms with Gasteiger partial charge in [-0.2, -0.15) is 0 Å². The lowest BCUT2D eigenvalue weighted by Gasteiger charge is -2.01. The van der Waals surface area contributed by atoms with Crippen LogP contribution in [0.4, 0.5) is 0 Å². The van der Waals surface area contributed by atoms with Gasteiger partial charge in [0.15, 0.2) is 0 Å². The van der Waals surface area contributed by atoms with Crippen LogP contribution in [-0.2, 0) is 12.8 Å². The van der Waals surface area contributed by atoms with Gasteiger partial charge in [-0.3, -0.25) is 0 Å². The Morgan fingerprint density at radius 3 is 2.75 bits per heavy atom. The first-order valence-electron chi connectivity index (χ1n) is 4.12. The van der Waals surface area contributed by atoms with Crippen molar-refractivity contribution in [2.45, 2.75) is 12.8 Å². The molecular weight excluding hydrogens is 148 g/mol. The minimum atomic E-state index is 0.948. The second kappa shape index (κ2) is 2.67. The van der Waals surface area contributed by atoms with E-state index in [1.54, 1.807) is 7.11 Å². The molecule has 0 bridgehead atoms. The lowest BCUT2D eigenvalue weighted by Crippen LogP contribution is -1.86. The summed E-state index contributed by atoms with van der Waals surface area (Å²) in [6.45, 7) is 3.98. The average molecular weight is 160 g/mol. The molecule has 0 atom stereocenters. The van der Waals surface area contributed by atoms with E-state index in [2.05, 4.69) is 18.7 Å². The number of methoxy groups -OCH3 is 1. The Morgan fingerprint density at radius 2 is 2.00 bits per heavy atom. The highest BCUT2D eigenvalue weighted by atomic mass is 16.5. The summed E-state index contributed by atoms with van der Waals surface area (Å²) < 4.78 is 5.15. The molecule has 62 valence electrons. The molecule has 0 aliphatic heterocycles. The predicted octanol–water partition coefficient (Wildman–Crippen LogP) is 2.35. The van der Waals surface area contributed by atoms with E-state index in [4.69, 9.17) is 4.74 Å². The number of fused-ring (bicyclic) bond motifs is 1. The van der Waals surface area contributed by atoms with Gasteiger partial charge < -0.3 is 4.74 Å². The smallest absolute Gasteiger partial charge is 0.119 e. The lowest BCUT2D eigenvalue weighted by atomic mass is 10.1. The van der Waals surface area contributed by atoms with Gasteiger partial charge in [0.05, 0.1) is 7.11 Å². The standard InChI is InChI=1S/C11H12O/c1-8-5-9-3-4-11(12-2)7-10(9)6-8/h3-4,7H,1,5-6H2,2H3. The van der Waals surface area contributed by atoms with Gasteiger partial charge in [0.2, 0.25) is 0 Å². The van der Waals surface area contributed by atoms with Gasteiger partial charge in [0.1, 0.15) is 5.75 Å². The first-order valence-corrected chi connectivity index (χ1v) is 4.12. The van der Waals surface area contributed by atoms with E-state index in [1.807, 2.05) is 6.07 Å². The zero-order valence-corrected chi connectivity index (χ0v) is 7.26. The van der Waals surface area contributed by atoms with Gasteiger partial charge in [-0.25, -0.2) is 0 Å². The van der Waals surface area contributed by atoms with Crippen LogP contribution in [-0.4, -0.2) is 7.11 Å². The highest BCUT2D eigenvalue weighted by Gasteiger charge is 2.13. The molecule has 1 aromatic carbocycles. The molecule has 0 heterocycles. The van der Waals surface area contributed by atoms with Crippen molar-refractivity contribution in [3.63, 3.8) is 0 Å². The third-order valence-corrected chi connectivity index (χ3v) is 2.29. The first-order chi connectivity index (χ1) is 5.79. The van der Waals surface area contributed by atoms with E-state index in [9.17, 15) is 0 Å². The summed E-state index contributed by atoms with van der Waals surface area (Å²) in [6, 6.07) is 6.25. The molecule has 0 amide bonds. The maximum absolute atomic E-state index is 5.15. The Kier molecular flexibility index (Phi) is 1.65. The summed E-state index contributed by atoms with van der Waals surface area (Å²) >= 11 is 0. The van der Waals surface area contributed by atoms with E-state index in [1.165, 1.54) is 16.7 Å². The van der Waals surface area contributed by atoms with Gasteiger partial charge in [0.25, 0.3) is 0 Å². The van der Waals surface area contributed by atoms with Gasteiger partial charge in [-0.15, -0.1) is 0 Å². The van der Waals surface area contributed by atoms with Crippen molar-refractivity contribution >= 4 is 0 Å². The highest BCUT2D eigenvalue weighted by Crippen LogP contribution is 2.28. The fourth-order valence-electron chi connectivity index (χ4n) is 1.67. The molecule has 0 spiro atoms. The molecule has 1 aliphatic carbocycles. The SMILES string of the molecule is C=C1Cc2ccc(OC)cc2C1. The number of benzene rings is 1. The summed E-state index contributed by atoms with van der Waals surface area (Å²) in [6.07, 6.45) is 2.06. The number of allylic oxidation sites excluding steroid dienone is 1. The number of rotatable bonds is 1. The van der Waals surface area contributed by atoms with Crippen LogP contribution in [0.25, 0.3) is 0 Å². The van der Waals surface area contributed by atoms with Crippen LogP contribution in [0.2, 0.25) is 0 Å². The molecule has 1 aliphatic rings. The molecule has 0 N–H and O–H groups in total. The minimum absolute atomic E-state index is 0.948. The first kappa shape index (κ1) is 7.41. The molecular formula is C11H12O. The van der Waals surface area contributed by atoms with E-state index < -0.39 is 0 Å². The Hall–Kier alpha value is -1.24. The summed E-state index contributed by atoms with van der Waals surface area (Å²) in [7, 11) is 1.70. The second-order valence-electron chi connectivity index (χ2n) is 3.24. The molecule has 0 saturated heterocycles. The number of ether oxygens (including phenoxy) is 1. The normalized spacial score (nSPS) is 14.6. The van der Waals surface area contributed by atoms with Gasteiger partial charge >= 0.3 is 0 Å². The predicted molar refractivity (Wildman–Crippen MR) is 49.5 cm³/mol. The molecule has 1 heteroatoms. The lowest BCUT2D eigenvalue weighted by molar-refractivity contribution is 0.414. The van der Waals surface area contributed by atoms with Crippen molar-refractivity contribution in [1.82, 2.24) is 0 Å². The molecule has 1 nitrogen and oxygen atoms in total. The molecule has 0 fully saturated rings.